The van der Waals surface area contributed by atoms with Gasteiger partial charge in [0.2, 0.25) is 5.90 Å². The Labute approximate surface area is 207 Å². The topological polar surface area (TPSA) is 117 Å². The zero-order valence-corrected chi connectivity index (χ0v) is 19.9. The average molecular weight is 537 g/mol. The molecule has 0 bridgehead atoms. The molecule has 0 aromatic heterocycles. The van der Waals surface area contributed by atoms with Crippen LogP contribution in [0.25, 0.3) is 6.08 Å². The zero-order valence-electron chi connectivity index (χ0n) is 18.3. The molecule has 1 aliphatic heterocycles. The summed E-state index contributed by atoms with van der Waals surface area (Å²) in [5.41, 5.74) is 1.33. The summed E-state index contributed by atoms with van der Waals surface area (Å²) in [7, 11) is 0. The summed E-state index contributed by atoms with van der Waals surface area (Å²) in [6.45, 7) is 2.12. The Hall–Kier alpha value is -4.31. The van der Waals surface area contributed by atoms with Crippen LogP contribution >= 0.6 is 15.9 Å². The number of esters is 2. The van der Waals surface area contributed by atoms with Crippen LogP contribution < -0.4 is 9.47 Å². The van der Waals surface area contributed by atoms with Gasteiger partial charge in [-0.15, -0.1) is 0 Å². The normalized spacial score (nSPS) is 13.8. The molecule has 1 aliphatic rings. The Morgan fingerprint density at radius 3 is 2.46 bits per heavy atom. The fourth-order valence-corrected chi connectivity index (χ4v) is 3.39. The molecule has 0 aliphatic carbocycles. The number of hydrogen-bond donors (Lipinski definition) is 0. The standard InChI is InChI=1S/C25H17BrN2O7/c1-2-33-22-14-15(3-12-21(22)34-24(29)17-4-8-18(26)9-5-17)13-20-25(30)35-23(27-20)16-6-10-19(11-7-16)28(31)32/h3-14H,2H2,1H3/b20-13+. The molecular formula is C25H17BrN2O7. The number of hydrogen-bond acceptors (Lipinski definition) is 8. The molecule has 0 spiro atoms. The van der Waals surface area contributed by atoms with Crippen molar-refractivity contribution in [3.05, 3.63) is 104 Å². The van der Waals surface area contributed by atoms with Gasteiger partial charge in [-0.25, -0.2) is 14.6 Å². The maximum atomic E-state index is 12.5. The number of halogens is 1. The number of cyclic esters (lactones) is 1. The van der Waals surface area contributed by atoms with E-state index in [0.717, 1.165) is 4.47 Å². The molecule has 0 unspecified atom stereocenters. The van der Waals surface area contributed by atoms with Crippen LogP contribution in [0.4, 0.5) is 5.69 Å². The van der Waals surface area contributed by atoms with Crippen molar-refractivity contribution in [3.8, 4) is 11.5 Å². The highest BCUT2D eigenvalue weighted by molar-refractivity contribution is 9.10. The van der Waals surface area contributed by atoms with Gasteiger partial charge in [-0.3, -0.25) is 10.1 Å². The van der Waals surface area contributed by atoms with E-state index < -0.39 is 16.9 Å². The maximum Gasteiger partial charge on any atom is 0.363 e. The third kappa shape index (κ3) is 5.61. The van der Waals surface area contributed by atoms with E-state index in [2.05, 4.69) is 20.9 Å². The van der Waals surface area contributed by atoms with E-state index in [4.69, 9.17) is 14.2 Å². The van der Waals surface area contributed by atoms with Crippen LogP contribution in [0.15, 0.2) is 81.9 Å². The third-order valence-corrected chi connectivity index (χ3v) is 5.33. The summed E-state index contributed by atoms with van der Waals surface area (Å²) < 4.78 is 17.2. The largest absolute Gasteiger partial charge is 0.490 e. The van der Waals surface area contributed by atoms with Gasteiger partial charge in [-0.1, -0.05) is 22.0 Å². The minimum Gasteiger partial charge on any atom is -0.490 e. The predicted octanol–water partition coefficient (Wildman–Crippen LogP) is 5.32. The number of nitro benzene ring substituents is 1. The fourth-order valence-electron chi connectivity index (χ4n) is 3.13. The lowest BCUT2D eigenvalue weighted by molar-refractivity contribution is -0.384. The smallest absolute Gasteiger partial charge is 0.363 e. The number of rotatable bonds is 7. The van der Waals surface area contributed by atoms with Gasteiger partial charge in [0.05, 0.1) is 17.1 Å². The fraction of sp³-hybridized carbons (Fsp3) is 0.0800. The predicted molar refractivity (Wildman–Crippen MR) is 130 cm³/mol. The lowest BCUT2D eigenvalue weighted by atomic mass is 10.1. The number of ether oxygens (including phenoxy) is 3. The first kappa shape index (κ1) is 23.8. The number of nitro groups is 1. The highest BCUT2D eigenvalue weighted by Gasteiger charge is 2.25. The maximum absolute atomic E-state index is 12.5. The molecule has 0 radical (unpaired) electrons. The first-order valence-corrected chi connectivity index (χ1v) is 11.2. The van der Waals surface area contributed by atoms with E-state index in [1.165, 1.54) is 30.3 Å². The quantitative estimate of drug-likeness (QED) is 0.132. The average Bonchev–Trinajstić information content (AvgIpc) is 3.21. The lowest BCUT2D eigenvalue weighted by Crippen LogP contribution is -2.09. The van der Waals surface area contributed by atoms with Crippen LogP contribution in [0.5, 0.6) is 11.5 Å². The lowest BCUT2D eigenvalue weighted by Gasteiger charge is -2.11. The van der Waals surface area contributed by atoms with Crippen molar-refractivity contribution < 1.29 is 28.7 Å². The summed E-state index contributed by atoms with van der Waals surface area (Å²) in [6, 6.07) is 17.1. The van der Waals surface area contributed by atoms with Crippen molar-refractivity contribution >= 4 is 45.5 Å². The number of benzene rings is 3. The van der Waals surface area contributed by atoms with Crippen molar-refractivity contribution in [2.75, 3.05) is 6.61 Å². The van der Waals surface area contributed by atoms with E-state index in [9.17, 15) is 19.7 Å². The highest BCUT2D eigenvalue weighted by atomic mass is 79.9. The first-order valence-electron chi connectivity index (χ1n) is 10.4. The molecule has 3 aromatic rings. The van der Waals surface area contributed by atoms with Crippen LogP contribution in [-0.4, -0.2) is 29.4 Å². The summed E-state index contributed by atoms with van der Waals surface area (Å²) in [6.07, 6.45) is 1.50. The summed E-state index contributed by atoms with van der Waals surface area (Å²) in [4.78, 5) is 39.3. The van der Waals surface area contributed by atoms with Gasteiger partial charge in [-0.2, -0.15) is 0 Å². The molecule has 9 nitrogen and oxygen atoms in total. The molecule has 0 saturated carbocycles. The number of nitrogens with zero attached hydrogens (tertiary/aromatic N) is 2. The summed E-state index contributed by atoms with van der Waals surface area (Å²) >= 11 is 3.32. The Morgan fingerprint density at radius 1 is 1.09 bits per heavy atom. The highest BCUT2D eigenvalue weighted by Crippen LogP contribution is 2.31. The van der Waals surface area contributed by atoms with E-state index in [0.29, 0.717) is 29.0 Å². The number of aliphatic imine (C=N–C) groups is 1. The summed E-state index contributed by atoms with van der Waals surface area (Å²) in [5, 5.41) is 10.8. The number of carbonyl (C=O) groups is 2. The molecule has 176 valence electrons. The molecular weight excluding hydrogens is 520 g/mol. The molecule has 0 fully saturated rings. The van der Waals surface area contributed by atoms with Crippen LogP contribution in [0.3, 0.4) is 0 Å². The van der Waals surface area contributed by atoms with Gasteiger partial charge in [0.15, 0.2) is 17.2 Å². The monoisotopic (exact) mass is 536 g/mol. The first-order chi connectivity index (χ1) is 16.8. The Morgan fingerprint density at radius 2 is 1.80 bits per heavy atom. The van der Waals surface area contributed by atoms with Crippen LogP contribution in [-0.2, 0) is 9.53 Å². The molecule has 3 aromatic carbocycles. The van der Waals surface area contributed by atoms with Crippen LogP contribution in [0.2, 0.25) is 0 Å². The van der Waals surface area contributed by atoms with Gasteiger partial charge < -0.3 is 14.2 Å². The number of carbonyl (C=O) groups excluding carboxylic acids is 2. The molecule has 0 atom stereocenters. The molecule has 0 saturated heterocycles. The Kier molecular flexibility index (Phi) is 7.02. The van der Waals surface area contributed by atoms with Crippen molar-refractivity contribution in [1.29, 1.82) is 0 Å². The second kappa shape index (κ2) is 10.3. The molecule has 0 amide bonds. The van der Waals surface area contributed by atoms with Crippen LogP contribution in [0.1, 0.15) is 28.4 Å². The van der Waals surface area contributed by atoms with E-state index in [-0.39, 0.29) is 23.0 Å². The summed E-state index contributed by atoms with van der Waals surface area (Å²) in [5.74, 6) is -0.617. The van der Waals surface area contributed by atoms with Gasteiger partial charge >= 0.3 is 11.9 Å². The second-order valence-corrected chi connectivity index (χ2v) is 8.09. The number of non-ortho nitro benzene ring substituents is 1. The van der Waals surface area contributed by atoms with Gasteiger partial charge in [-0.05, 0) is 67.1 Å². The third-order valence-electron chi connectivity index (χ3n) is 4.80. The van der Waals surface area contributed by atoms with E-state index in [1.54, 1.807) is 49.4 Å². The zero-order chi connectivity index (χ0) is 24.9. The van der Waals surface area contributed by atoms with Gasteiger partial charge in [0, 0.05) is 22.2 Å². The Balaban J connectivity index is 1.57. The van der Waals surface area contributed by atoms with Crippen molar-refractivity contribution in [2.45, 2.75) is 6.92 Å². The second-order valence-electron chi connectivity index (χ2n) is 7.18. The molecule has 35 heavy (non-hydrogen) atoms. The molecule has 10 heteroatoms. The molecule has 1 heterocycles. The van der Waals surface area contributed by atoms with Crippen molar-refractivity contribution in [2.24, 2.45) is 4.99 Å². The molecule has 4 rings (SSSR count). The minimum absolute atomic E-state index is 0.0420. The van der Waals surface area contributed by atoms with Crippen molar-refractivity contribution in [3.63, 3.8) is 0 Å². The van der Waals surface area contributed by atoms with Gasteiger partial charge in [0.1, 0.15) is 0 Å². The van der Waals surface area contributed by atoms with Crippen molar-refractivity contribution in [1.82, 2.24) is 0 Å². The van der Waals surface area contributed by atoms with E-state index in [1.807, 2.05) is 0 Å². The minimum atomic E-state index is -0.665. The molecule has 0 N–H and O–H groups in total. The Bertz CT molecular complexity index is 1360. The van der Waals surface area contributed by atoms with Gasteiger partial charge in [0.25, 0.3) is 5.69 Å². The van der Waals surface area contributed by atoms with E-state index >= 15 is 0 Å². The van der Waals surface area contributed by atoms with Crippen LogP contribution in [0, 0.1) is 10.1 Å². The SMILES string of the molecule is CCOc1cc(/C=C2/N=C(c3ccc([N+](=O)[O-])cc3)OC2=O)ccc1OC(=O)c1ccc(Br)cc1.